The molecule has 1 aromatic heterocycles. The van der Waals surface area contributed by atoms with Gasteiger partial charge in [-0.05, 0) is 32.9 Å². The van der Waals surface area contributed by atoms with Crippen molar-refractivity contribution >= 4 is 10.9 Å². The lowest BCUT2D eigenvalue weighted by Gasteiger charge is -2.14. The summed E-state index contributed by atoms with van der Waals surface area (Å²) >= 11 is 0. The first-order valence-electron chi connectivity index (χ1n) is 5.92. The van der Waals surface area contributed by atoms with Crippen molar-refractivity contribution in [2.45, 2.75) is 20.8 Å². The molecule has 0 radical (unpaired) electrons. The van der Waals surface area contributed by atoms with Gasteiger partial charge in [0.05, 0.1) is 24.3 Å². The van der Waals surface area contributed by atoms with Crippen molar-refractivity contribution in [1.82, 2.24) is 4.98 Å². The highest BCUT2D eigenvalue weighted by Gasteiger charge is 2.12. The third-order valence-electron chi connectivity index (χ3n) is 2.60. The Hall–Kier alpha value is -1.77. The summed E-state index contributed by atoms with van der Waals surface area (Å²) in [5.41, 5.74) is 1.87. The summed E-state index contributed by atoms with van der Waals surface area (Å²) in [5.74, 6) is 1.54. The second-order valence-corrected chi connectivity index (χ2v) is 3.75. The molecule has 0 aliphatic heterocycles. The van der Waals surface area contributed by atoms with Gasteiger partial charge in [0.25, 0.3) is 0 Å². The van der Waals surface area contributed by atoms with Crippen LogP contribution in [0.2, 0.25) is 0 Å². The van der Waals surface area contributed by atoms with Crippen molar-refractivity contribution in [3.63, 3.8) is 0 Å². The van der Waals surface area contributed by atoms with E-state index in [-0.39, 0.29) is 0 Å². The highest BCUT2D eigenvalue weighted by atomic mass is 16.5. The number of aromatic nitrogens is 1. The second kappa shape index (κ2) is 5.04. The predicted octanol–water partition coefficient (Wildman–Crippen LogP) is 3.34. The van der Waals surface area contributed by atoms with Gasteiger partial charge in [-0.2, -0.15) is 0 Å². The van der Waals surface area contributed by atoms with Gasteiger partial charge in [-0.25, -0.2) is 4.98 Å². The number of nitrogens with zero attached hydrogens (tertiary/aromatic N) is 1. The van der Waals surface area contributed by atoms with Crippen LogP contribution in [-0.2, 0) is 0 Å². The van der Waals surface area contributed by atoms with E-state index in [1.807, 2.05) is 45.0 Å². The number of pyridine rings is 1. The number of hydrogen-bond acceptors (Lipinski definition) is 3. The Morgan fingerprint density at radius 2 is 1.76 bits per heavy atom. The summed E-state index contributed by atoms with van der Waals surface area (Å²) in [4.78, 5) is 4.51. The zero-order valence-corrected chi connectivity index (χ0v) is 10.5. The summed E-state index contributed by atoms with van der Waals surface area (Å²) in [7, 11) is 0. The molecule has 0 aliphatic carbocycles. The van der Waals surface area contributed by atoms with E-state index in [0.29, 0.717) is 19.1 Å². The summed E-state index contributed by atoms with van der Waals surface area (Å²) < 4.78 is 11.3. The molecular formula is C14H17NO2. The Morgan fingerprint density at radius 3 is 2.47 bits per heavy atom. The molecular weight excluding hydrogens is 214 g/mol. The van der Waals surface area contributed by atoms with E-state index < -0.39 is 0 Å². The molecule has 3 heteroatoms. The Bertz CT molecular complexity index is 523. The molecule has 0 spiro atoms. The summed E-state index contributed by atoms with van der Waals surface area (Å²) in [6.45, 7) is 7.17. The largest absolute Gasteiger partial charge is 0.493 e. The monoisotopic (exact) mass is 231 g/mol. The molecule has 2 aromatic rings. The number of fused-ring (bicyclic) bond motifs is 1. The lowest BCUT2D eigenvalue weighted by molar-refractivity contribution is 0.312. The molecule has 1 aromatic carbocycles. The van der Waals surface area contributed by atoms with Crippen LogP contribution in [0.1, 0.15) is 19.4 Å². The number of benzene rings is 1. The van der Waals surface area contributed by atoms with Crippen LogP contribution in [0.5, 0.6) is 11.6 Å². The zero-order valence-electron chi connectivity index (χ0n) is 10.5. The lowest BCUT2D eigenvalue weighted by atomic mass is 10.1. The SMILES string of the molecule is CCOc1nc2ccccc2c(OCC)c1C. The molecule has 0 aliphatic rings. The van der Waals surface area contributed by atoms with Crippen LogP contribution in [0.15, 0.2) is 24.3 Å². The van der Waals surface area contributed by atoms with Gasteiger partial charge in [-0.1, -0.05) is 12.1 Å². The predicted molar refractivity (Wildman–Crippen MR) is 68.8 cm³/mol. The highest BCUT2D eigenvalue weighted by Crippen LogP contribution is 2.33. The van der Waals surface area contributed by atoms with Crippen LogP contribution in [0, 0.1) is 6.92 Å². The van der Waals surface area contributed by atoms with E-state index in [1.54, 1.807) is 0 Å². The quantitative estimate of drug-likeness (QED) is 0.808. The topological polar surface area (TPSA) is 31.4 Å². The average Bonchev–Trinajstić information content (AvgIpc) is 2.35. The van der Waals surface area contributed by atoms with E-state index in [1.165, 1.54) is 0 Å². The molecule has 0 bridgehead atoms. The standard InChI is InChI=1S/C14H17NO2/c1-4-16-13-10(3)14(17-5-2)15-12-9-7-6-8-11(12)13/h6-9H,4-5H2,1-3H3. The van der Waals surface area contributed by atoms with Crippen molar-refractivity contribution in [2.75, 3.05) is 13.2 Å². The molecule has 2 rings (SSSR count). The molecule has 0 saturated carbocycles. The highest BCUT2D eigenvalue weighted by molar-refractivity contribution is 5.87. The van der Waals surface area contributed by atoms with Crippen LogP contribution >= 0.6 is 0 Å². The van der Waals surface area contributed by atoms with Gasteiger partial charge < -0.3 is 9.47 Å². The molecule has 0 atom stereocenters. The van der Waals surface area contributed by atoms with E-state index >= 15 is 0 Å². The van der Waals surface area contributed by atoms with Crippen LogP contribution in [0.25, 0.3) is 10.9 Å². The normalized spacial score (nSPS) is 10.5. The maximum absolute atomic E-state index is 5.72. The molecule has 1 heterocycles. The fraction of sp³-hybridized carbons (Fsp3) is 0.357. The van der Waals surface area contributed by atoms with Crippen LogP contribution < -0.4 is 9.47 Å². The number of para-hydroxylation sites is 1. The van der Waals surface area contributed by atoms with Gasteiger partial charge in [0.15, 0.2) is 0 Å². The van der Waals surface area contributed by atoms with Crippen molar-refractivity contribution in [3.05, 3.63) is 29.8 Å². The van der Waals surface area contributed by atoms with Gasteiger partial charge >= 0.3 is 0 Å². The third-order valence-corrected chi connectivity index (χ3v) is 2.60. The first-order valence-corrected chi connectivity index (χ1v) is 5.92. The molecule has 0 N–H and O–H groups in total. The Morgan fingerprint density at radius 1 is 1.06 bits per heavy atom. The van der Waals surface area contributed by atoms with Crippen molar-refractivity contribution in [2.24, 2.45) is 0 Å². The average molecular weight is 231 g/mol. The van der Waals surface area contributed by atoms with E-state index in [9.17, 15) is 0 Å². The van der Waals surface area contributed by atoms with Crippen LogP contribution in [0.3, 0.4) is 0 Å². The maximum atomic E-state index is 5.72. The molecule has 0 unspecified atom stereocenters. The van der Waals surface area contributed by atoms with Crippen molar-refractivity contribution in [3.8, 4) is 11.6 Å². The first-order chi connectivity index (χ1) is 8.27. The Labute approximate surface area is 101 Å². The smallest absolute Gasteiger partial charge is 0.220 e. The summed E-state index contributed by atoms with van der Waals surface area (Å²) in [5, 5.41) is 1.04. The van der Waals surface area contributed by atoms with Gasteiger partial charge in [-0.15, -0.1) is 0 Å². The molecule has 0 amide bonds. The van der Waals surface area contributed by atoms with Gasteiger partial charge in [-0.3, -0.25) is 0 Å². The summed E-state index contributed by atoms with van der Waals surface area (Å²) in [6, 6.07) is 7.96. The fourth-order valence-corrected chi connectivity index (χ4v) is 1.86. The van der Waals surface area contributed by atoms with Gasteiger partial charge in [0.2, 0.25) is 5.88 Å². The molecule has 0 fully saturated rings. The Kier molecular flexibility index (Phi) is 3.47. The molecule has 90 valence electrons. The van der Waals surface area contributed by atoms with E-state index in [4.69, 9.17) is 9.47 Å². The molecule has 3 nitrogen and oxygen atoms in total. The maximum Gasteiger partial charge on any atom is 0.220 e. The first kappa shape index (κ1) is 11.7. The zero-order chi connectivity index (χ0) is 12.3. The van der Waals surface area contributed by atoms with Gasteiger partial charge in [0, 0.05) is 5.39 Å². The van der Waals surface area contributed by atoms with E-state index in [2.05, 4.69) is 4.98 Å². The fourth-order valence-electron chi connectivity index (χ4n) is 1.86. The summed E-state index contributed by atoms with van der Waals surface area (Å²) in [6.07, 6.45) is 0. The van der Waals surface area contributed by atoms with Gasteiger partial charge in [0.1, 0.15) is 5.75 Å². The minimum absolute atomic E-state index is 0.609. The minimum atomic E-state index is 0.609. The van der Waals surface area contributed by atoms with Crippen LogP contribution in [0.4, 0.5) is 0 Å². The number of hydrogen-bond donors (Lipinski definition) is 0. The van der Waals surface area contributed by atoms with Crippen molar-refractivity contribution < 1.29 is 9.47 Å². The van der Waals surface area contributed by atoms with E-state index in [0.717, 1.165) is 22.2 Å². The van der Waals surface area contributed by atoms with Crippen LogP contribution in [-0.4, -0.2) is 18.2 Å². The Balaban J connectivity index is 2.66. The number of ether oxygens (including phenoxy) is 2. The molecule has 0 saturated heterocycles. The minimum Gasteiger partial charge on any atom is -0.493 e. The van der Waals surface area contributed by atoms with Crippen molar-refractivity contribution in [1.29, 1.82) is 0 Å². The molecule has 17 heavy (non-hydrogen) atoms. The third kappa shape index (κ3) is 2.18. The second-order valence-electron chi connectivity index (χ2n) is 3.75. The number of rotatable bonds is 4. The lowest BCUT2D eigenvalue weighted by Crippen LogP contribution is -2.02.